The first-order valence-electron chi connectivity index (χ1n) is 6.87. The number of β-amino-alcohol motifs (C(OH)–C–C–N with tert-alkyl or cyclic N) is 1. The minimum Gasteiger partial charge on any atom is -0.460 e. The van der Waals surface area contributed by atoms with Gasteiger partial charge in [-0.1, -0.05) is 35.0 Å². The van der Waals surface area contributed by atoms with Gasteiger partial charge >= 0.3 is 0 Å². The van der Waals surface area contributed by atoms with Gasteiger partial charge in [0.1, 0.15) is 11.5 Å². The molecule has 1 aliphatic rings. The maximum Gasteiger partial charge on any atom is 0.134 e. The van der Waals surface area contributed by atoms with Crippen LogP contribution in [0.3, 0.4) is 0 Å². The van der Waals surface area contributed by atoms with Crippen molar-refractivity contribution in [2.45, 2.75) is 25.5 Å². The standard InChI is InChI=1S/C16H18BrNO2/c1-2-16(19)10-18(11-16)9-14-7-8-15(20-14)12-3-5-13(17)6-4-12/h3-8,19H,2,9-11H2,1H3. The first-order chi connectivity index (χ1) is 9.58. The first-order valence-corrected chi connectivity index (χ1v) is 7.67. The second kappa shape index (κ2) is 5.35. The molecule has 1 aromatic heterocycles. The molecule has 2 aromatic rings. The Balaban J connectivity index is 1.64. The molecule has 4 heteroatoms. The lowest BCUT2D eigenvalue weighted by atomic mass is 9.91. The zero-order valence-corrected chi connectivity index (χ0v) is 13.1. The molecular formula is C16H18BrNO2. The summed E-state index contributed by atoms with van der Waals surface area (Å²) >= 11 is 3.43. The monoisotopic (exact) mass is 335 g/mol. The average Bonchev–Trinajstić information content (AvgIpc) is 2.86. The largest absolute Gasteiger partial charge is 0.460 e. The highest BCUT2D eigenvalue weighted by molar-refractivity contribution is 9.10. The van der Waals surface area contributed by atoms with Crippen LogP contribution in [0.1, 0.15) is 19.1 Å². The number of nitrogens with zero attached hydrogens (tertiary/aromatic N) is 1. The van der Waals surface area contributed by atoms with Crippen molar-refractivity contribution in [2.24, 2.45) is 0 Å². The summed E-state index contributed by atoms with van der Waals surface area (Å²) in [4.78, 5) is 2.20. The predicted octanol–water partition coefficient (Wildman–Crippen LogP) is 3.67. The summed E-state index contributed by atoms with van der Waals surface area (Å²) in [6.45, 7) is 4.25. The van der Waals surface area contributed by atoms with E-state index >= 15 is 0 Å². The van der Waals surface area contributed by atoms with Crippen LogP contribution in [-0.4, -0.2) is 28.7 Å². The van der Waals surface area contributed by atoms with Crippen LogP contribution in [0.25, 0.3) is 11.3 Å². The van der Waals surface area contributed by atoms with Gasteiger partial charge in [-0.15, -0.1) is 0 Å². The molecule has 106 valence electrons. The fourth-order valence-electron chi connectivity index (χ4n) is 2.57. The van der Waals surface area contributed by atoms with E-state index < -0.39 is 5.60 Å². The highest BCUT2D eigenvalue weighted by Crippen LogP contribution is 2.28. The van der Waals surface area contributed by atoms with Gasteiger partial charge in [-0.3, -0.25) is 4.90 Å². The van der Waals surface area contributed by atoms with Crippen LogP contribution >= 0.6 is 15.9 Å². The van der Waals surface area contributed by atoms with Gasteiger partial charge in [0.25, 0.3) is 0 Å². The van der Waals surface area contributed by atoms with Crippen molar-refractivity contribution in [3.63, 3.8) is 0 Å². The number of aliphatic hydroxyl groups is 1. The molecule has 1 N–H and O–H groups in total. The van der Waals surface area contributed by atoms with Gasteiger partial charge in [0.05, 0.1) is 12.1 Å². The van der Waals surface area contributed by atoms with Gasteiger partial charge in [0.15, 0.2) is 0 Å². The van der Waals surface area contributed by atoms with Crippen LogP contribution in [0.2, 0.25) is 0 Å². The normalized spacial score (nSPS) is 17.9. The van der Waals surface area contributed by atoms with Crippen LogP contribution < -0.4 is 0 Å². The summed E-state index contributed by atoms with van der Waals surface area (Å²) in [5.41, 5.74) is 0.592. The Hall–Kier alpha value is -1.10. The second-order valence-electron chi connectivity index (χ2n) is 5.50. The van der Waals surface area contributed by atoms with E-state index in [0.717, 1.165) is 47.6 Å². The summed E-state index contributed by atoms with van der Waals surface area (Å²) < 4.78 is 6.94. The van der Waals surface area contributed by atoms with Crippen molar-refractivity contribution in [2.75, 3.05) is 13.1 Å². The lowest BCUT2D eigenvalue weighted by Gasteiger charge is -2.45. The third-order valence-corrected chi connectivity index (χ3v) is 4.39. The number of rotatable bonds is 4. The van der Waals surface area contributed by atoms with Crippen molar-refractivity contribution in [1.29, 1.82) is 0 Å². The predicted molar refractivity (Wildman–Crippen MR) is 82.4 cm³/mol. The van der Waals surface area contributed by atoms with E-state index in [-0.39, 0.29) is 0 Å². The summed E-state index contributed by atoms with van der Waals surface area (Å²) in [6, 6.07) is 12.1. The van der Waals surface area contributed by atoms with E-state index in [1.165, 1.54) is 0 Å². The van der Waals surface area contributed by atoms with E-state index in [0.29, 0.717) is 0 Å². The zero-order valence-electron chi connectivity index (χ0n) is 11.5. The van der Waals surface area contributed by atoms with Gasteiger partial charge in [0, 0.05) is 23.1 Å². The third kappa shape index (κ3) is 2.82. The third-order valence-electron chi connectivity index (χ3n) is 3.86. The average molecular weight is 336 g/mol. The minimum absolute atomic E-state index is 0.485. The summed E-state index contributed by atoms with van der Waals surface area (Å²) in [7, 11) is 0. The van der Waals surface area contributed by atoms with E-state index in [9.17, 15) is 5.11 Å². The Morgan fingerprint density at radius 1 is 1.20 bits per heavy atom. The van der Waals surface area contributed by atoms with Crippen molar-refractivity contribution in [3.8, 4) is 11.3 Å². The van der Waals surface area contributed by atoms with Gasteiger partial charge < -0.3 is 9.52 Å². The Morgan fingerprint density at radius 3 is 2.55 bits per heavy atom. The lowest BCUT2D eigenvalue weighted by molar-refractivity contribution is -0.105. The van der Waals surface area contributed by atoms with Crippen molar-refractivity contribution in [1.82, 2.24) is 4.90 Å². The fourth-order valence-corrected chi connectivity index (χ4v) is 2.84. The fraction of sp³-hybridized carbons (Fsp3) is 0.375. The number of hydrogen-bond donors (Lipinski definition) is 1. The summed E-state index contributed by atoms with van der Waals surface area (Å²) in [5.74, 6) is 1.83. The molecule has 1 aliphatic heterocycles. The number of benzene rings is 1. The molecule has 3 nitrogen and oxygen atoms in total. The molecule has 1 aromatic carbocycles. The van der Waals surface area contributed by atoms with Gasteiger partial charge in [-0.2, -0.15) is 0 Å². The quantitative estimate of drug-likeness (QED) is 0.926. The van der Waals surface area contributed by atoms with E-state index in [2.05, 4.69) is 20.8 Å². The SMILES string of the molecule is CCC1(O)CN(Cc2ccc(-c3ccc(Br)cc3)o2)C1. The molecule has 0 amide bonds. The second-order valence-corrected chi connectivity index (χ2v) is 6.41. The number of likely N-dealkylation sites (tertiary alicyclic amines) is 1. The van der Waals surface area contributed by atoms with Crippen molar-refractivity contribution >= 4 is 15.9 Å². The minimum atomic E-state index is -0.485. The van der Waals surface area contributed by atoms with Gasteiger partial charge in [-0.05, 0) is 30.7 Å². The highest BCUT2D eigenvalue weighted by atomic mass is 79.9. The van der Waals surface area contributed by atoms with Crippen LogP contribution in [0.5, 0.6) is 0 Å². The Kier molecular flexibility index (Phi) is 3.71. The maximum absolute atomic E-state index is 10.00. The topological polar surface area (TPSA) is 36.6 Å². The molecule has 20 heavy (non-hydrogen) atoms. The van der Waals surface area contributed by atoms with Crippen molar-refractivity contribution < 1.29 is 9.52 Å². The molecule has 0 bridgehead atoms. The zero-order chi connectivity index (χ0) is 14.2. The van der Waals surface area contributed by atoms with E-state index in [1.807, 2.05) is 43.3 Å². The smallest absolute Gasteiger partial charge is 0.134 e. The molecular weight excluding hydrogens is 318 g/mol. The van der Waals surface area contributed by atoms with Crippen LogP contribution in [0.4, 0.5) is 0 Å². The molecule has 0 spiro atoms. The molecule has 1 saturated heterocycles. The molecule has 0 aliphatic carbocycles. The molecule has 3 rings (SSSR count). The van der Waals surface area contributed by atoms with Crippen molar-refractivity contribution in [3.05, 3.63) is 46.6 Å². The van der Waals surface area contributed by atoms with Gasteiger partial charge in [0.2, 0.25) is 0 Å². The Bertz CT molecular complexity index is 585. The molecule has 1 fully saturated rings. The molecule has 0 unspecified atom stereocenters. The van der Waals surface area contributed by atoms with E-state index in [1.54, 1.807) is 0 Å². The van der Waals surface area contributed by atoms with Gasteiger partial charge in [-0.25, -0.2) is 0 Å². The number of hydrogen-bond acceptors (Lipinski definition) is 3. The van der Waals surface area contributed by atoms with Crippen LogP contribution in [-0.2, 0) is 6.54 Å². The molecule has 2 heterocycles. The summed E-state index contributed by atoms with van der Waals surface area (Å²) in [5, 5.41) is 10.00. The Morgan fingerprint density at radius 2 is 1.90 bits per heavy atom. The molecule has 0 saturated carbocycles. The molecule has 0 radical (unpaired) electrons. The van der Waals surface area contributed by atoms with Crippen LogP contribution in [0, 0.1) is 0 Å². The van der Waals surface area contributed by atoms with Crippen LogP contribution in [0.15, 0.2) is 45.3 Å². The highest BCUT2D eigenvalue weighted by Gasteiger charge is 2.39. The number of furan rings is 1. The van der Waals surface area contributed by atoms with E-state index in [4.69, 9.17) is 4.42 Å². The lowest BCUT2D eigenvalue weighted by Crippen LogP contribution is -2.60. The summed E-state index contributed by atoms with van der Waals surface area (Å²) in [6.07, 6.45) is 0.811. The molecule has 0 atom stereocenters. The maximum atomic E-state index is 10.00. The first kappa shape index (κ1) is 13.9. The Labute approximate surface area is 127 Å². The number of halogens is 1.